The van der Waals surface area contributed by atoms with E-state index in [0.29, 0.717) is 19.0 Å². The van der Waals surface area contributed by atoms with Crippen molar-refractivity contribution in [1.29, 1.82) is 0 Å². The van der Waals surface area contributed by atoms with E-state index in [1.165, 1.54) is 0 Å². The summed E-state index contributed by atoms with van der Waals surface area (Å²) in [6, 6.07) is 0. The minimum absolute atomic E-state index is 0.0710. The van der Waals surface area contributed by atoms with Crippen LogP contribution in [-0.2, 0) is 4.79 Å². The number of nitrogens with one attached hydrogen (secondary N) is 1. The van der Waals surface area contributed by atoms with Crippen LogP contribution in [0.2, 0.25) is 0 Å². The van der Waals surface area contributed by atoms with Crippen LogP contribution in [0.4, 0.5) is 0 Å². The van der Waals surface area contributed by atoms with E-state index >= 15 is 0 Å². The predicted octanol–water partition coefficient (Wildman–Crippen LogP) is 1.28. The van der Waals surface area contributed by atoms with Crippen molar-refractivity contribution in [1.82, 2.24) is 5.32 Å². The summed E-state index contributed by atoms with van der Waals surface area (Å²) in [5.74, 6) is 0.380. The quantitative estimate of drug-likeness (QED) is 0.535. The van der Waals surface area contributed by atoms with Crippen LogP contribution in [-0.4, -0.2) is 30.7 Å². The topological polar surface area (TPSA) is 75.4 Å². The van der Waals surface area contributed by atoms with Crippen molar-refractivity contribution in [3.8, 4) is 0 Å². The van der Waals surface area contributed by atoms with Crippen LogP contribution >= 0.6 is 0 Å². The molecule has 0 saturated heterocycles. The first-order valence-electron chi connectivity index (χ1n) is 6.65. The van der Waals surface area contributed by atoms with E-state index in [2.05, 4.69) is 5.32 Å². The lowest BCUT2D eigenvalue weighted by molar-refractivity contribution is -0.131. The molecule has 102 valence electrons. The first-order chi connectivity index (χ1) is 8.06. The summed E-state index contributed by atoms with van der Waals surface area (Å²) in [5, 5.41) is 11.8. The van der Waals surface area contributed by atoms with Gasteiger partial charge in [0.25, 0.3) is 0 Å². The maximum Gasteiger partial charge on any atom is 0.227 e. The van der Waals surface area contributed by atoms with Crippen molar-refractivity contribution in [3.05, 3.63) is 0 Å². The van der Waals surface area contributed by atoms with E-state index in [9.17, 15) is 4.79 Å². The monoisotopic (exact) mass is 244 g/mol. The van der Waals surface area contributed by atoms with Gasteiger partial charge >= 0.3 is 0 Å². The third-order valence-corrected chi connectivity index (χ3v) is 3.70. The molecule has 0 rings (SSSR count). The number of nitrogens with two attached hydrogens (primary N) is 1. The lowest BCUT2D eigenvalue weighted by Gasteiger charge is -2.28. The molecular weight excluding hydrogens is 216 g/mol. The lowest BCUT2D eigenvalue weighted by atomic mass is 9.81. The zero-order chi connectivity index (χ0) is 13.3. The number of rotatable bonds is 9. The van der Waals surface area contributed by atoms with Gasteiger partial charge in [-0.2, -0.15) is 0 Å². The number of hydrogen-bond donors (Lipinski definition) is 3. The molecule has 4 nitrogen and oxygen atoms in total. The molecule has 0 aliphatic rings. The van der Waals surface area contributed by atoms with Gasteiger partial charge in [0.05, 0.1) is 5.41 Å². The number of carbonyl (C=O) groups is 1. The standard InChI is InChI=1S/C13H28N2O2/c1-4-13(5-2,10-14)12(17)15-8-6-7-11(3)9-16/h11,16H,4-10,14H2,1-3H3,(H,15,17). The van der Waals surface area contributed by atoms with Gasteiger partial charge in [-0.15, -0.1) is 0 Å². The lowest BCUT2D eigenvalue weighted by Crippen LogP contribution is -2.45. The van der Waals surface area contributed by atoms with Crippen molar-refractivity contribution in [2.24, 2.45) is 17.1 Å². The molecule has 0 spiro atoms. The first kappa shape index (κ1) is 16.4. The fourth-order valence-corrected chi connectivity index (χ4v) is 1.88. The third-order valence-electron chi connectivity index (χ3n) is 3.70. The van der Waals surface area contributed by atoms with E-state index in [-0.39, 0.29) is 12.5 Å². The molecule has 1 unspecified atom stereocenters. The summed E-state index contributed by atoms with van der Waals surface area (Å²) in [6.45, 7) is 7.30. The summed E-state index contributed by atoms with van der Waals surface area (Å²) in [7, 11) is 0. The van der Waals surface area contributed by atoms with Crippen LogP contribution in [0.3, 0.4) is 0 Å². The van der Waals surface area contributed by atoms with Crippen molar-refractivity contribution < 1.29 is 9.90 Å². The Morgan fingerprint density at radius 1 is 1.41 bits per heavy atom. The number of aliphatic hydroxyl groups is 1. The molecule has 0 aliphatic carbocycles. The van der Waals surface area contributed by atoms with Crippen LogP contribution in [0.25, 0.3) is 0 Å². The molecular formula is C13H28N2O2. The molecule has 1 amide bonds. The highest BCUT2D eigenvalue weighted by Crippen LogP contribution is 2.24. The Morgan fingerprint density at radius 3 is 2.41 bits per heavy atom. The predicted molar refractivity (Wildman–Crippen MR) is 70.6 cm³/mol. The van der Waals surface area contributed by atoms with Crippen molar-refractivity contribution >= 4 is 5.91 Å². The van der Waals surface area contributed by atoms with E-state index in [0.717, 1.165) is 25.7 Å². The van der Waals surface area contributed by atoms with Crippen LogP contribution in [0, 0.1) is 11.3 Å². The molecule has 0 heterocycles. The Bertz CT molecular complexity index is 207. The highest BCUT2D eigenvalue weighted by molar-refractivity contribution is 5.82. The van der Waals surface area contributed by atoms with Crippen molar-refractivity contribution in [2.45, 2.75) is 46.5 Å². The minimum atomic E-state index is -0.400. The summed E-state index contributed by atoms with van der Waals surface area (Å²) < 4.78 is 0. The Labute approximate surface area is 105 Å². The highest BCUT2D eigenvalue weighted by Gasteiger charge is 2.32. The molecule has 1 atom stereocenters. The molecule has 17 heavy (non-hydrogen) atoms. The average molecular weight is 244 g/mol. The van der Waals surface area contributed by atoms with E-state index < -0.39 is 5.41 Å². The van der Waals surface area contributed by atoms with Gasteiger partial charge in [-0.25, -0.2) is 0 Å². The maximum absolute atomic E-state index is 12.0. The van der Waals surface area contributed by atoms with Gasteiger partial charge in [0.1, 0.15) is 0 Å². The second kappa shape index (κ2) is 8.48. The molecule has 0 bridgehead atoms. The van der Waals surface area contributed by atoms with Gasteiger partial charge in [-0.1, -0.05) is 20.8 Å². The molecule has 4 heteroatoms. The smallest absolute Gasteiger partial charge is 0.227 e. The normalized spacial score (nSPS) is 13.5. The van der Waals surface area contributed by atoms with Crippen molar-refractivity contribution in [2.75, 3.05) is 19.7 Å². The number of hydrogen-bond acceptors (Lipinski definition) is 3. The maximum atomic E-state index is 12.0. The number of carbonyl (C=O) groups excluding carboxylic acids is 1. The summed E-state index contributed by atoms with van der Waals surface area (Å²) in [4.78, 5) is 12.0. The molecule has 0 aromatic carbocycles. The fraction of sp³-hybridized carbons (Fsp3) is 0.923. The van der Waals surface area contributed by atoms with Gasteiger partial charge in [-0.3, -0.25) is 4.79 Å². The summed E-state index contributed by atoms with van der Waals surface area (Å²) in [5.41, 5.74) is 5.31. The SMILES string of the molecule is CCC(CC)(CN)C(=O)NCCCC(C)CO. The Hall–Kier alpha value is -0.610. The van der Waals surface area contributed by atoms with E-state index in [4.69, 9.17) is 10.8 Å². The molecule has 0 radical (unpaired) electrons. The molecule has 0 aromatic rings. The van der Waals surface area contributed by atoms with E-state index in [1.807, 2.05) is 20.8 Å². The van der Waals surface area contributed by atoms with Crippen LogP contribution in [0.5, 0.6) is 0 Å². The molecule has 4 N–H and O–H groups in total. The number of aliphatic hydroxyl groups excluding tert-OH is 1. The van der Waals surface area contributed by atoms with Crippen molar-refractivity contribution in [3.63, 3.8) is 0 Å². The van der Waals surface area contributed by atoms with Crippen LogP contribution in [0.1, 0.15) is 46.5 Å². The molecule has 0 aliphatic heterocycles. The van der Waals surface area contributed by atoms with Crippen LogP contribution in [0.15, 0.2) is 0 Å². The fourth-order valence-electron chi connectivity index (χ4n) is 1.88. The zero-order valence-electron chi connectivity index (χ0n) is 11.5. The Kier molecular flexibility index (Phi) is 8.17. The second-order valence-corrected chi connectivity index (χ2v) is 4.88. The Balaban J connectivity index is 3.99. The minimum Gasteiger partial charge on any atom is -0.396 e. The highest BCUT2D eigenvalue weighted by atomic mass is 16.3. The van der Waals surface area contributed by atoms with Crippen LogP contribution < -0.4 is 11.1 Å². The van der Waals surface area contributed by atoms with Gasteiger partial charge < -0.3 is 16.2 Å². The Morgan fingerprint density at radius 2 is 2.00 bits per heavy atom. The second-order valence-electron chi connectivity index (χ2n) is 4.88. The summed E-state index contributed by atoms with van der Waals surface area (Å²) >= 11 is 0. The van der Waals surface area contributed by atoms with Gasteiger partial charge in [0.2, 0.25) is 5.91 Å². The number of amides is 1. The van der Waals surface area contributed by atoms with E-state index in [1.54, 1.807) is 0 Å². The molecule has 0 aromatic heterocycles. The summed E-state index contributed by atoms with van der Waals surface area (Å²) in [6.07, 6.45) is 3.39. The third kappa shape index (κ3) is 5.04. The zero-order valence-corrected chi connectivity index (χ0v) is 11.5. The average Bonchev–Trinajstić information content (AvgIpc) is 2.37. The molecule has 0 fully saturated rings. The largest absolute Gasteiger partial charge is 0.396 e. The van der Waals surface area contributed by atoms with Gasteiger partial charge in [0.15, 0.2) is 0 Å². The molecule has 0 saturated carbocycles. The first-order valence-corrected chi connectivity index (χ1v) is 6.65. The van der Waals surface area contributed by atoms with Gasteiger partial charge in [0, 0.05) is 19.7 Å². The van der Waals surface area contributed by atoms with Gasteiger partial charge in [-0.05, 0) is 31.6 Å².